The number of H-pyrrole nitrogens is 1. The van der Waals surface area contributed by atoms with E-state index in [4.69, 9.17) is 22.1 Å². The molecule has 0 aliphatic carbocycles. The van der Waals surface area contributed by atoms with Crippen molar-refractivity contribution in [1.82, 2.24) is 19.9 Å². The lowest BCUT2D eigenvalue weighted by atomic mass is 10.0. The minimum Gasteiger partial charge on any atom is -0.393 e. The van der Waals surface area contributed by atoms with Crippen LogP contribution in [0.5, 0.6) is 5.88 Å². The van der Waals surface area contributed by atoms with Gasteiger partial charge >= 0.3 is 6.09 Å². The van der Waals surface area contributed by atoms with Gasteiger partial charge in [0.25, 0.3) is 0 Å². The van der Waals surface area contributed by atoms with Gasteiger partial charge in [-0.15, -0.1) is 0 Å². The van der Waals surface area contributed by atoms with Gasteiger partial charge in [-0.2, -0.15) is 0 Å². The number of nitrogen functional groups attached to an aromatic ring is 1. The summed E-state index contributed by atoms with van der Waals surface area (Å²) in [7, 11) is 1.68. The molecule has 0 saturated carbocycles. The van der Waals surface area contributed by atoms with Crippen LogP contribution in [0.4, 0.5) is 10.7 Å². The van der Waals surface area contributed by atoms with E-state index in [0.717, 1.165) is 16.7 Å². The van der Waals surface area contributed by atoms with Crippen molar-refractivity contribution in [2.24, 2.45) is 0 Å². The number of nitrogens with zero attached hydrogens (tertiary/aromatic N) is 3. The highest BCUT2D eigenvalue weighted by molar-refractivity contribution is 6.30. The maximum atomic E-state index is 12.5. The standard InChI is InChI=1S/C23H20ClN5O2/c1-29(14-15-6-3-2-4-7-15)23(30)31-20-11-17(12-26-20)21-19(13-27-22(25)28-21)16-8-5-9-18(24)10-16/h2-13,26H,14H2,1H3,(H2,25,27,28). The van der Waals surface area contributed by atoms with E-state index in [1.54, 1.807) is 31.6 Å². The Bertz CT molecular complexity index is 1210. The fraction of sp³-hybridized carbons (Fsp3) is 0.0870. The molecule has 0 saturated heterocycles. The summed E-state index contributed by atoms with van der Waals surface area (Å²) >= 11 is 6.14. The Morgan fingerprint density at radius 2 is 1.94 bits per heavy atom. The Morgan fingerprint density at radius 1 is 1.13 bits per heavy atom. The van der Waals surface area contributed by atoms with Crippen molar-refractivity contribution >= 4 is 23.6 Å². The molecule has 2 heterocycles. The molecule has 0 aliphatic heterocycles. The van der Waals surface area contributed by atoms with Crippen LogP contribution in [0.2, 0.25) is 5.02 Å². The van der Waals surface area contributed by atoms with Crippen molar-refractivity contribution in [2.75, 3.05) is 12.8 Å². The second-order valence-corrected chi connectivity index (χ2v) is 7.40. The zero-order valence-electron chi connectivity index (χ0n) is 16.7. The van der Waals surface area contributed by atoms with Gasteiger partial charge in [0, 0.05) is 48.2 Å². The number of hydrogen-bond acceptors (Lipinski definition) is 5. The van der Waals surface area contributed by atoms with Gasteiger partial charge < -0.3 is 20.4 Å². The normalized spacial score (nSPS) is 10.6. The number of halogens is 1. The quantitative estimate of drug-likeness (QED) is 0.461. The highest BCUT2D eigenvalue weighted by Gasteiger charge is 2.16. The molecule has 0 unspecified atom stereocenters. The minimum absolute atomic E-state index is 0.142. The van der Waals surface area contributed by atoms with Crippen LogP contribution in [0.25, 0.3) is 22.4 Å². The van der Waals surface area contributed by atoms with E-state index in [-0.39, 0.29) is 5.95 Å². The Morgan fingerprint density at radius 3 is 2.71 bits per heavy atom. The number of amides is 1. The molecule has 8 heteroatoms. The number of rotatable bonds is 5. The first-order chi connectivity index (χ1) is 15.0. The molecule has 4 rings (SSSR count). The van der Waals surface area contributed by atoms with Crippen LogP contribution in [0.1, 0.15) is 5.56 Å². The van der Waals surface area contributed by atoms with Gasteiger partial charge in [-0.05, 0) is 23.3 Å². The zero-order chi connectivity index (χ0) is 21.8. The van der Waals surface area contributed by atoms with Gasteiger partial charge in [0.15, 0.2) is 0 Å². The number of hydrogen-bond donors (Lipinski definition) is 2. The number of nitrogens with one attached hydrogen (secondary N) is 1. The molecular weight excluding hydrogens is 414 g/mol. The molecule has 0 bridgehead atoms. The van der Waals surface area contributed by atoms with Crippen LogP contribution >= 0.6 is 11.6 Å². The number of aromatic amines is 1. The number of nitrogens with two attached hydrogens (primary N) is 1. The van der Waals surface area contributed by atoms with Crippen LogP contribution in [0.15, 0.2) is 73.1 Å². The van der Waals surface area contributed by atoms with E-state index in [1.807, 2.05) is 48.5 Å². The minimum atomic E-state index is -0.477. The average Bonchev–Trinajstić information content (AvgIpc) is 3.22. The summed E-state index contributed by atoms with van der Waals surface area (Å²) in [6, 6.07) is 18.8. The Hall–Kier alpha value is -3.84. The molecule has 0 aliphatic rings. The van der Waals surface area contributed by atoms with E-state index >= 15 is 0 Å². The molecule has 0 fully saturated rings. The predicted molar refractivity (Wildman–Crippen MR) is 121 cm³/mol. The molecular formula is C23H20ClN5O2. The second-order valence-electron chi connectivity index (χ2n) is 6.96. The molecule has 31 heavy (non-hydrogen) atoms. The van der Waals surface area contributed by atoms with E-state index in [9.17, 15) is 4.79 Å². The summed E-state index contributed by atoms with van der Waals surface area (Å²) in [5.74, 6) is 0.442. The predicted octanol–water partition coefficient (Wildman–Crippen LogP) is 5.01. The molecule has 2 aromatic carbocycles. The van der Waals surface area contributed by atoms with E-state index in [2.05, 4.69) is 15.0 Å². The maximum absolute atomic E-state index is 12.5. The van der Waals surface area contributed by atoms with Crippen LogP contribution in [-0.4, -0.2) is 33.0 Å². The van der Waals surface area contributed by atoms with Gasteiger partial charge in [0.05, 0.1) is 5.69 Å². The van der Waals surface area contributed by atoms with Gasteiger partial charge in [0.2, 0.25) is 11.8 Å². The second kappa shape index (κ2) is 8.89. The molecule has 7 nitrogen and oxygen atoms in total. The summed E-state index contributed by atoms with van der Waals surface area (Å²) in [6.07, 6.45) is 2.88. The first-order valence-electron chi connectivity index (χ1n) is 9.54. The Kier molecular flexibility index (Phi) is 5.86. The van der Waals surface area contributed by atoms with Gasteiger partial charge in [0.1, 0.15) is 0 Å². The Balaban J connectivity index is 1.55. The van der Waals surface area contributed by atoms with E-state index < -0.39 is 6.09 Å². The third-order valence-corrected chi connectivity index (χ3v) is 4.88. The molecule has 1 amide bonds. The molecule has 4 aromatic rings. The molecule has 3 N–H and O–H groups in total. The molecule has 156 valence electrons. The van der Waals surface area contributed by atoms with Crippen LogP contribution in [-0.2, 0) is 6.54 Å². The maximum Gasteiger partial charge on any atom is 0.416 e. The number of carbonyl (C=O) groups is 1. The summed E-state index contributed by atoms with van der Waals surface area (Å²) in [4.78, 5) is 25.4. The molecule has 0 atom stereocenters. The highest BCUT2D eigenvalue weighted by atomic mass is 35.5. The van der Waals surface area contributed by atoms with Crippen molar-refractivity contribution in [1.29, 1.82) is 0 Å². The van der Waals surface area contributed by atoms with E-state index in [1.165, 1.54) is 4.90 Å². The van der Waals surface area contributed by atoms with Crippen LogP contribution in [0.3, 0.4) is 0 Å². The molecule has 2 aromatic heterocycles. The average molecular weight is 434 g/mol. The fourth-order valence-electron chi connectivity index (χ4n) is 3.15. The summed E-state index contributed by atoms with van der Waals surface area (Å²) in [6.45, 7) is 0.439. The lowest BCUT2D eigenvalue weighted by molar-refractivity contribution is 0.159. The van der Waals surface area contributed by atoms with E-state index in [0.29, 0.717) is 28.7 Å². The number of aromatic nitrogens is 3. The van der Waals surface area contributed by atoms with Crippen LogP contribution < -0.4 is 10.5 Å². The fourth-order valence-corrected chi connectivity index (χ4v) is 3.34. The smallest absolute Gasteiger partial charge is 0.393 e. The van der Waals surface area contributed by atoms with Crippen molar-refractivity contribution in [2.45, 2.75) is 6.54 Å². The third-order valence-electron chi connectivity index (χ3n) is 4.64. The monoisotopic (exact) mass is 433 g/mol. The summed E-state index contributed by atoms with van der Waals surface area (Å²) in [5.41, 5.74) is 9.75. The van der Waals surface area contributed by atoms with Gasteiger partial charge in [-0.3, -0.25) is 0 Å². The highest BCUT2D eigenvalue weighted by Crippen LogP contribution is 2.33. The SMILES string of the molecule is CN(Cc1ccccc1)C(=O)Oc1cc(-c2nc(N)ncc2-c2cccc(Cl)c2)c[nH]1. The zero-order valence-corrected chi connectivity index (χ0v) is 17.5. The van der Waals surface area contributed by atoms with Crippen molar-refractivity contribution in [3.05, 3.63) is 83.6 Å². The number of benzene rings is 2. The van der Waals surface area contributed by atoms with Crippen molar-refractivity contribution in [3.8, 4) is 28.3 Å². The van der Waals surface area contributed by atoms with Crippen molar-refractivity contribution in [3.63, 3.8) is 0 Å². The summed E-state index contributed by atoms with van der Waals surface area (Å²) < 4.78 is 5.48. The number of carbonyl (C=O) groups excluding carboxylic acids is 1. The topological polar surface area (TPSA) is 97.1 Å². The van der Waals surface area contributed by atoms with Crippen molar-refractivity contribution < 1.29 is 9.53 Å². The first-order valence-corrected chi connectivity index (χ1v) is 9.91. The summed E-state index contributed by atoms with van der Waals surface area (Å²) in [5, 5.41) is 0.602. The molecule has 0 radical (unpaired) electrons. The lowest BCUT2D eigenvalue weighted by Gasteiger charge is -2.16. The van der Waals surface area contributed by atoms with Gasteiger partial charge in [-0.1, -0.05) is 54.1 Å². The largest absolute Gasteiger partial charge is 0.416 e. The first kappa shape index (κ1) is 20.4. The van der Waals surface area contributed by atoms with Gasteiger partial charge in [-0.25, -0.2) is 14.8 Å². The van der Waals surface area contributed by atoms with Crippen LogP contribution in [0, 0.1) is 0 Å². The lowest BCUT2D eigenvalue weighted by Crippen LogP contribution is -2.29. The Labute approximate surface area is 184 Å². The molecule has 0 spiro atoms. The number of anilines is 1. The number of ether oxygens (including phenoxy) is 1. The third kappa shape index (κ3) is 4.84.